The second-order valence-electron chi connectivity index (χ2n) is 7.41. The molecule has 7 nitrogen and oxygen atoms in total. The van der Waals surface area contributed by atoms with Crippen LogP contribution in [0.4, 0.5) is 0 Å². The highest BCUT2D eigenvalue weighted by molar-refractivity contribution is 7.15. The number of hydrogen-bond acceptors (Lipinski definition) is 6. The van der Waals surface area contributed by atoms with E-state index in [1.807, 2.05) is 36.3 Å². The number of carbonyl (C=O) groups is 1. The van der Waals surface area contributed by atoms with Gasteiger partial charge in [0.2, 0.25) is 0 Å². The molecule has 1 saturated heterocycles. The molecular formula is C21H24N4O3S. The van der Waals surface area contributed by atoms with Crippen LogP contribution >= 0.6 is 11.3 Å². The predicted molar refractivity (Wildman–Crippen MR) is 113 cm³/mol. The molecule has 29 heavy (non-hydrogen) atoms. The first-order valence-electron chi connectivity index (χ1n) is 9.65. The van der Waals surface area contributed by atoms with Crippen LogP contribution < -0.4 is 10.3 Å². The molecule has 1 aliphatic rings. The van der Waals surface area contributed by atoms with Crippen molar-refractivity contribution < 1.29 is 9.53 Å². The molecule has 3 heterocycles. The Hall–Kier alpha value is -2.71. The Morgan fingerprint density at radius 2 is 1.83 bits per heavy atom. The predicted octanol–water partition coefficient (Wildman–Crippen LogP) is 2.10. The van der Waals surface area contributed by atoms with E-state index in [1.54, 1.807) is 16.7 Å². The van der Waals surface area contributed by atoms with Crippen molar-refractivity contribution in [1.82, 2.24) is 19.2 Å². The molecule has 2 aromatic heterocycles. The molecule has 0 saturated carbocycles. The van der Waals surface area contributed by atoms with Crippen molar-refractivity contribution >= 4 is 22.2 Å². The van der Waals surface area contributed by atoms with Crippen LogP contribution in [0.3, 0.4) is 0 Å². The second-order valence-corrected chi connectivity index (χ2v) is 8.28. The summed E-state index contributed by atoms with van der Waals surface area (Å²) < 4.78 is 7.26. The fourth-order valence-corrected chi connectivity index (χ4v) is 4.34. The summed E-state index contributed by atoms with van der Waals surface area (Å²) >= 11 is 1.45. The van der Waals surface area contributed by atoms with E-state index in [0.29, 0.717) is 24.6 Å². The third-order valence-corrected chi connectivity index (χ3v) is 5.78. The molecule has 0 bridgehead atoms. The Balaban J connectivity index is 1.29. The van der Waals surface area contributed by atoms with E-state index >= 15 is 0 Å². The highest BCUT2D eigenvalue weighted by Gasteiger charge is 2.22. The zero-order valence-corrected chi connectivity index (χ0v) is 17.4. The number of carbonyl (C=O) groups excluding carboxylic acids is 1. The van der Waals surface area contributed by atoms with Crippen LogP contribution in [0.2, 0.25) is 0 Å². The minimum atomic E-state index is -0.0522. The number of ether oxygens (including phenoxy) is 1. The normalized spacial score (nSPS) is 15.0. The summed E-state index contributed by atoms with van der Waals surface area (Å²) in [5, 5.41) is 1.86. The number of thiazole rings is 1. The summed E-state index contributed by atoms with van der Waals surface area (Å²) in [5.74, 6) is 0.732. The molecule has 0 atom stereocenters. The maximum Gasteiger partial charge on any atom is 0.260 e. The van der Waals surface area contributed by atoms with Crippen LogP contribution in [0, 0.1) is 13.8 Å². The lowest BCUT2D eigenvalue weighted by Gasteiger charge is -2.34. The van der Waals surface area contributed by atoms with Gasteiger partial charge in [0.25, 0.3) is 11.5 Å². The number of aromatic nitrogens is 2. The number of fused-ring (bicyclic) bond motifs is 1. The van der Waals surface area contributed by atoms with E-state index in [0.717, 1.165) is 35.7 Å². The average molecular weight is 413 g/mol. The van der Waals surface area contributed by atoms with Crippen LogP contribution in [0.5, 0.6) is 5.75 Å². The van der Waals surface area contributed by atoms with Crippen LogP contribution in [0.1, 0.15) is 16.8 Å². The number of aryl methyl sites for hydroxylation is 2. The number of piperazine rings is 1. The molecule has 152 valence electrons. The first-order chi connectivity index (χ1) is 14.0. The fraction of sp³-hybridized carbons (Fsp3) is 0.381. The number of hydrogen-bond donors (Lipinski definition) is 0. The van der Waals surface area contributed by atoms with E-state index in [-0.39, 0.29) is 18.1 Å². The molecule has 1 fully saturated rings. The lowest BCUT2D eigenvalue weighted by Crippen LogP contribution is -2.49. The Morgan fingerprint density at radius 1 is 1.10 bits per heavy atom. The van der Waals surface area contributed by atoms with Gasteiger partial charge in [-0.25, -0.2) is 4.98 Å². The molecule has 0 spiro atoms. The summed E-state index contributed by atoms with van der Waals surface area (Å²) in [6.07, 6.45) is 1.74. The monoisotopic (exact) mass is 412 g/mol. The Bertz CT molecular complexity index is 1060. The van der Waals surface area contributed by atoms with Crippen molar-refractivity contribution in [3.8, 4) is 5.75 Å². The van der Waals surface area contributed by atoms with Gasteiger partial charge in [-0.1, -0.05) is 6.07 Å². The quantitative estimate of drug-likeness (QED) is 0.642. The average Bonchev–Trinajstić information content (AvgIpc) is 3.15. The van der Waals surface area contributed by atoms with Crippen molar-refractivity contribution in [2.24, 2.45) is 0 Å². The largest absolute Gasteiger partial charge is 0.484 e. The summed E-state index contributed by atoms with van der Waals surface area (Å²) in [5.41, 5.74) is 2.96. The van der Waals surface area contributed by atoms with Gasteiger partial charge in [0.1, 0.15) is 5.75 Å². The summed E-state index contributed by atoms with van der Waals surface area (Å²) in [7, 11) is 0. The van der Waals surface area contributed by atoms with Crippen molar-refractivity contribution in [2.45, 2.75) is 20.4 Å². The van der Waals surface area contributed by atoms with E-state index < -0.39 is 0 Å². The Morgan fingerprint density at radius 3 is 2.55 bits per heavy atom. The lowest BCUT2D eigenvalue weighted by molar-refractivity contribution is -0.135. The Kier molecular flexibility index (Phi) is 5.64. The first-order valence-corrected chi connectivity index (χ1v) is 10.5. The SMILES string of the molecule is Cc1cc(C)cc(OCC(=O)N2CCN(Cc3cc(=O)n4ccsc4n3)CC2)c1. The van der Waals surface area contributed by atoms with E-state index in [9.17, 15) is 9.59 Å². The number of rotatable bonds is 5. The maximum absolute atomic E-state index is 12.5. The topological polar surface area (TPSA) is 67.2 Å². The maximum atomic E-state index is 12.5. The van der Waals surface area contributed by atoms with Crippen LogP contribution in [0.15, 0.2) is 40.6 Å². The standard InChI is InChI=1S/C21H24N4O3S/c1-15-9-16(2)11-18(10-15)28-14-20(27)24-5-3-23(4-6-24)13-17-12-19(26)25-7-8-29-21(25)22-17/h7-12H,3-6,13-14H2,1-2H3. The molecule has 1 aromatic carbocycles. The van der Waals surface area contributed by atoms with Crippen LogP contribution in [-0.4, -0.2) is 57.9 Å². The van der Waals surface area contributed by atoms with Gasteiger partial charge in [0.15, 0.2) is 11.6 Å². The van der Waals surface area contributed by atoms with Crippen LogP contribution in [-0.2, 0) is 11.3 Å². The van der Waals surface area contributed by atoms with Gasteiger partial charge in [-0.2, -0.15) is 0 Å². The molecule has 0 aliphatic carbocycles. The molecule has 3 aromatic rings. The number of benzene rings is 1. The minimum Gasteiger partial charge on any atom is -0.484 e. The molecular weight excluding hydrogens is 388 g/mol. The van der Waals surface area contributed by atoms with Crippen molar-refractivity contribution in [3.05, 3.63) is 63.0 Å². The zero-order valence-electron chi connectivity index (χ0n) is 16.6. The third kappa shape index (κ3) is 4.65. The van der Waals surface area contributed by atoms with Crippen molar-refractivity contribution in [1.29, 1.82) is 0 Å². The van der Waals surface area contributed by atoms with Gasteiger partial charge in [-0.15, -0.1) is 11.3 Å². The van der Waals surface area contributed by atoms with E-state index in [4.69, 9.17) is 4.74 Å². The summed E-state index contributed by atoms with van der Waals surface area (Å²) in [6, 6.07) is 7.55. The summed E-state index contributed by atoms with van der Waals surface area (Å²) in [6.45, 7) is 7.49. The molecule has 8 heteroatoms. The first kappa shape index (κ1) is 19.6. The van der Waals surface area contributed by atoms with E-state index in [1.165, 1.54) is 11.3 Å². The van der Waals surface area contributed by atoms with Gasteiger partial charge in [-0.05, 0) is 37.1 Å². The molecule has 4 rings (SSSR count). The van der Waals surface area contributed by atoms with Crippen molar-refractivity contribution in [3.63, 3.8) is 0 Å². The molecule has 0 N–H and O–H groups in total. The van der Waals surface area contributed by atoms with Gasteiger partial charge in [-0.3, -0.25) is 18.9 Å². The zero-order chi connectivity index (χ0) is 20.4. The number of nitrogens with zero attached hydrogens (tertiary/aromatic N) is 4. The molecule has 1 aliphatic heterocycles. The van der Waals surface area contributed by atoms with Gasteiger partial charge >= 0.3 is 0 Å². The second kappa shape index (κ2) is 8.34. The smallest absolute Gasteiger partial charge is 0.260 e. The van der Waals surface area contributed by atoms with Gasteiger partial charge in [0, 0.05) is 50.4 Å². The van der Waals surface area contributed by atoms with Gasteiger partial charge < -0.3 is 9.64 Å². The Labute approximate surface area is 173 Å². The van der Waals surface area contributed by atoms with Gasteiger partial charge in [0.05, 0.1) is 5.69 Å². The van der Waals surface area contributed by atoms with E-state index in [2.05, 4.69) is 16.0 Å². The lowest BCUT2D eigenvalue weighted by atomic mass is 10.1. The fourth-order valence-electron chi connectivity index (χ4n) is 3.61. The highest BCUT2D eigenvalue weighted by Crippen LogP contribution is 2.16. The molecule has 0 radical (unpaired) electrons. The molecule has 0 unspecified atom stereocenters. The highest BCUT2D eigenvalue weighted by atomic mass is 32.1. The molecule has 1 amide bonds. The third-order valence-electron chi connectivity index (χ3n) is 5.02. The summed E-state index contributed by atoms with van der Waals surface area (Å²) in [4.78, 5) is 33.9. The van der Waals surface area contributed by atoms with Crippen molar-refractivity contribution in [2.75, 3.05) is 32.8 Å². The minimum absolute atomic E-state index is 0.000170. The van der Waals surface area contributed by atoms with Crippen LogP contribution in [0.25, 0.3) is 4.96 Å². The number of amides is 1.